The van der Waals surface area contributed by atoms with E-state index in [1.807, 2.05) is 12.1 Å². The lowest BCUT2D eigenvalue weighted by atomic mass is 9.92. The van der Waals surface area contributed by atoms with Gasteiger partial charge in [0.05, 0.1) is 36.6 Å². The van der Waals surface area contributed by atoms with E-state index in [2.05, 4.69) is 5.32 Å². The maximum Gasteiger partial charge on any atom is 0.290 e. The fourth-order valence-corrected chi connectivity index (χ4v) is 6.15. The summed E-state index contributed by atoms with van der Waals surface area (Å²) in [5.41, 5.74) is 7.69. The molecule has 3 aromatic rings. The summed E-state index contributed by atoms with van der Waals surface area (Å²) in [4.78, 5) is 13.3. The number of carbonyl (C=O) groups excluding carboxylic acids is 1. The van der Waals surface area contributed by atoms with Gasteiger partial charge in [-0.15, -0.1) is 0 Å². The molecule has 5 rings (SSSR count). The summed E-state index contributed by atoms with van der Waals surface area (Å²) < 4.78 is 55.7. The molecule has 13 heteroatoms. The number of amides is 1. The van der Waals surface area contributed by atoms with E-state index in [1.54, 1.807) is 48.5 Å². The number of hydrogen-bond donors (Lipinski definition) is 3. The fraction of sp³-hybridized carbons (Fsp3) is 0.300. The lowest BCUT2D eigenvalue weighted by Crippen LogP contribution is -2.37. The van der Waals surface area contributed by atoms with E-state index in [0.29, 0.717) is 35.0 Å². The van der Waals surface area contributed by atoms with Crippen LogP contribution >= 0.6 is 0 Å². The second kappa shape index (κ2) is 13.3. The normalized spacial score (nSPS) is 17.7. The number of rotatable bonds is 12. The third-order valence-corrected chi connectivity index (χ3v) is 8.92. The molecule has 43 heavy (non-hydrogen) atoms. The lowest BCUT2D eigenvalue weighted by molar-refractivity contribution is -0.143. The van der Waals surface area contributed by atoms with Gasteiger partial charge in [-0.05, 0) is 60.2 Å². The predicted octanol–water partition coefficient (Wildman–Crippen LogP) is 3.06. The zero-order chi connectivity index (χ0) is 30.4. The van der Waals surface area contributed by atoms with Gasteiger partial charge in [-0.25, -0.2) is 8.42 Å². The molecule has 0 spiro atoms. The van der Waals surface area contributed by atoms with Gasteiger partial charge in [0.15, 0.2) is 17.3 Å². The first-order valence-corrected chi connectivity index (χ1v) is 15.0. The molecule has 2 aliphatic heterocycles. The highest BCUT2D eigenvalue weighted by Crippen LogP contribution is 2.38. The predicted molar refractivity (Wildman–Crippen MR) is 157 cm³/mol. The summed E-state index contributed by atoms with van der Waals surface area (Å²) in [5.74, 6) is 0.971. The number of para-hydroxylation sites is 2. The summed E-state index contributed by atoms with van der Waals surface area (Å²) >= 11 is 0. The number of hydrogen-bond acceptors (Lipinski definition) is 10. The molecule has 0 bridgehead atoms. The minimum atomic E-state index is -3.93. The van der Waals surface area contributed by atoms with E-state index < -0.39 is 22.2 Å². The number of carbonyl (C=O) groups is 1. The number of ether oxygens (including phenoxy) is 5. The fourth-order valence-electron chi connectivity index (χ4n) is 4.74. The van der Waals surface area contributed by atoms with Gasteiger partial charge in [0.1, 0.15) is 5.75 Å². The van der Waals surface area contributed by atoms with Crippen molar-refractivity contribution in [2.24, 2.45) is 0 Å². The molecule has 0 aromatic heterocycles. The van der Waals surface area contributed by atoms with E-state index in [-0.39, 0.29) is 49.7 Å². The van der Waals surface area contributed by atoms with Crippen LogP contribution < -0.4 is 25.3 Å². The summed E-state index contributed by atoms with van der Waals surface area (Å²) in [6, 6.07) is 18.4. The Hall–Kier alpha value is -4.30. The molecule has 3 aromatic carbocycles. The van der Waals surface area contributed by atoms with Crippen LogP contribution in [0.3, 0.4) is 0 Å². The topological polar surface area (TPSA) is 159 Å². The smallest absolute Gasteiger partial charge is 0.290 e. The Bertz CT molecular complexity index is 1580. The number of allylic oxidation sites excluding steroid dienone is 1. The van der Waals surface area contributed by atoms with E-state index in [1.165, 1.54) is 19.2 Å². The Balaban J connectivity index is 1.31. The van der Waals surface area contributed by atoms with Crippen LogP contribution in [0.5, 0.6) is 17.2 Å². The van der Waals surface area contributed by atoms with E-state index in [9.17, 15) is 18.3 Å². The van der Waals surface area contributed by atoms with Gasteiger partial charge in [-0.1, -0.05) is 18.2 Å². The Morgan fingerprint density at radius 1 is 1.07 bits per heavy atom. The van der Waals surface area contributed by atoms with Gasteiger partial charge >= 0.3 is 0 Å². The van der Waals surface area contributed by atoms with Gasteiger partial charge < -0.3 is 39.8 Å². The number of fused-ring (bicyclic) bond motifs is 1. The van der Waals surface area contributed by atoms with Crippen LogP contribution in [0.1, 0.15) is 17.9 Å². The van der Waals surface area contributed by atoms with Gasteiger partial charge in [0.25, 0.3) is 5.91 Å². The number of aliphatic hydroxyl groups is 1. The number of anilines is 2. The Morgan fingerprint density at radius 2 is 1.84 bits per heavy atom. The number of benzene rings is 3. The van der Waals surface area contributed by atoms with Crippen molar-refractivity contribution in [1.82, 2.24) is 4.31 Å². The van der Waals surface area contributed by atoms with E-state index >= 15 is 0 Å². The Kier molecular flexibility index (Phi) is 9.36. The van der Waals surface area contributed by atoms with Gasteiger partial charge in [0.2, 0.25) is 23.1 Å². The first-order chi connectivity index (χ1) is 20.8. The molecular weight excluding hydrogens is 578 g/mol. The molecule has 2 atom stereocenters. The van der Waals surface area contributed by atoms with Crippen LogP contribution in [0.15, 0.2) is 83.5 Å². The zero-order valence-corrected chi connectivity index (χ0v) is 24.3. The molecule has 0 radical (unpaired) electrons. The number of nitrogen functional groups attached to an aromatic ring is 1. The van der Waals surface area contributed by atoms with Crippen molar-refractivity contribution in [3.63, 3.8) is 0 Å². The highest BCUT2D eigenvalue weighted by atomic mass is 32.2. The summed E-state index contributed by atoms with van der Waals surface area (Å²) in [7, 11) is -2.44. The molecule has 0 saturated carbocycles. The van der Waals surface area contributed by atoms with Crippen LogP contribution in [0.4, 0.5) is 11.4 Å². The quantitative estimate of drug-likeness (QED) is 0.260. The van der Waals surface area contributed by atoms with Gasteiger partial charge in [-0.3, -0.25) is 4.79 Å². The SMILES string of the molecule is COc1ccc(S(=O)(=O)N(CCO)CCO[C@H]2C[C@@H](c3ccc4c(c3)OCO4)C=C(C(=O)Nc3ccccc3N)O2)cc1. The molecule has 12 nitrogen and oxygen atoms in total. The van der Waals surface area contributed by atoms with Gasteiger partial charge in [0, 0.05) is 25.4 Å². The van der Waals surface area contributed by atoms with Crippen molar-refractivity contribution in [1.29, 1.82) is 0 Å². The molecule has 2 aliphatic rings. The van der Waals surface area contributed by atoms with E-state index in [0.717, 1.165) is 9.87 Å². The average molecular weight is 612 g/mol. The lowest BCUT2D eigenvalue weighted by Gasteiger charge is -2.30. The van der Waals surface area contributed by atoms with Crippen LogP contribution in [0.2, 0.25) is 0 Å². The number of nitrogens with one attached hydrogen (secondary N) is 1. The summed E-state index contributed by atoms with van der Waals surface area (Å²) in [6.07, 6.45) is 1.17. The largest absolute Gasteiger partial charge is 0.497 e. The second-order valence-corrected chi connectivity index (χ2v) is 11.7. The van der Waals surface area contributed by atoms with Crippen molar-refractivity contribution in [2.45, 2.75) is 23.5 Å². The number of aliphatic hydroxyl groups excluding tert-OH is 1. The van der Waals surface area contributed by atoms with Crippen molar-refractivity contribution < 1.29 is 42.0 Å². The molecule has 228 valence electrons. The van der Waals surface area contributed by atoms with Crippen molar-refractivity contribution in [3.8, 4) is 17.2 Å². The molecule has 0 fully saturated rings. The van der Waals surface area contributed by atoms with Crippen molar-refractivity contribution in [2.75, 3.05) is 51.3 Å². The molecule has 2 heterocycles. The first-order valence-electron chi connectivity index (χ1n) is 13.6. The maximum absolute atomic E-state index is 13.3. The van der Waals surface area contributed by atoms with Crippen molar-refractivity contribution >= 4 is 27.3 Å². The number of nitrogens with two attached hydrogens (primary N) is 1. The number of methoxy groups -OCH3 is 1. The van der Waals surface area contributed by atoms with E-state index in [4.69, 9.17) is 29.4 Å². The average Bonchev–Trinajstić information content (AvgIpc) is 3.50. The third kappa shape index (κ3) is 7.03. The Labute approximate surface area is 249 Å². The second-order valence-electron chi connectivity index (χ2n) is 9.75. The van der Waals surface area contributed by atoms with Crippen LogP contribution in [-0.2, 0) is 24.3 Å². The highest BCUT2D eigenvalue weighted by Gasteiger charge is 2.31. The minimum Gasteiger partial charge on any atom is -0.497 e. The molecule has 0 aliphatic carbocycles. The van der Waals surface area contributed by atoms with Crippen molar-refractivity contribution in [3.05, 3.63) is 84.1 Å². The number of nitrogens with zero attached hydrogens (tertiary/aromatic N) is 1. The van der Waals surface area contributed by atoms with Crippen LogP contribution in [0.25, 0.3) is 0 Å². The standard InChI is InChI=1S/C30H33N3O9S/c1-38-22-7-9-23(10-8-22)43(36,37)33(12-14-34)13-15-39-29-18-21(20-6-11-26-27(16-20)41-19-40-26)17-28(42-29)30(35)32-25-5-3-2-4-24(25)31/h2-11,16-17,21,29,34H,12-15,18-19,31H2,1H3,(H,32,35)/t21-,29+/m0/s1. The van der Waals surface area contributed by atoms with Gasteiger partial charge in [-0.2, -0.15) is 4.31 Å². The zero-order valence-electron chi connectivity index (χ0n) is 23.5. The Morgan fingerprint density at radius 3 is 2.58 bits per heavy atom. The monoisotopic (exact) mass is 611 g/mol. The molecule has 0 saturated heterocycles. The molecule has 1 amide bonds. The maximum atomic E-state index is 13.3. The summed E-state index contributed by atoms with van der Waals surface area (Å²) in [6.45, 7) is -0.500. The molecular formula is C30H33N3O9S. The van der Waals surface area contributed by atoms with Crippen LogP contribution in [0, 0.1) is 0 Å². The minimum absolute atomic E-state index is 0.0280. The third-order valence-electron chi connectivity index (χ3n) is 7.01. The summed E-state index contributed by atoms with van der Waals surface area (Å²) in [5, 5.41) is 12.3. The van der Waals surface area contributed by atoms with Crippen LogP contribution in [-0.4, -0.2) is 70.2 Å². The first kappa shape index (κ1) is 30.2. The highest BCUT2D eigenvalue weighted by molar-refractivity contribution is 7.89. The molecule has 4 N–H and O–H groups in total. The molecule has 0 unspecified atom stereocenters. The number of sulfonamides is 1.